The summed E-state index contributed by atoms with van der Waals surface area (Å²) in [6.45, 7) is 3.57. The molecule has 0 heterocycles. The standard InChI is InChI=1S/C7H7O.CH3.U/c1-6-4-2-3-5-7(6)8;;/h2-5,8H,1H2;1H3;/q2*-1;+2. The first-order valence-corrected chi connectivity index (χ1v) is 2.40. The zero-order valence-corrected chi connectivity index (χ0v) is 10.1. The SMILES string of the molecule is [CH2-]c1ccccc1O.[CH3-].[U+2]. The molecule has 0 bridgehead atoms. The Labute approximate surface area is 85.8 Å². The van der Waals surface area contributed by atoms with Crippen molar-refractivity contribution in [1.82, 2.24) is 0 Å². The second kappa shape index (κ2) is 5.71. The smallest absolute Gasteiger partial charge is 0.565 e. The van der Waals surface area contributed by atoms with Crippen LogP contribution in [0.25, 0.3) is 0 Å². The third-order valence-corrected chi connectivity index (χ3v) is 0.992. The number of para-hydroxylation sites is 1. The molecule has 0 radical (unpaired) electrons. The number of hydrogen-bond donors (Lipinski definition) is 1. The van der Waals surface area contributed by atoms with E-state index in [0.717, 1.165) is 0 Å². The van der Waals surface area contributed by atoms with Crippen LogP contribution in [-0.4, -0.2) is 5.11 Å². The number of benzene rings is 1. The molecule has 52 valence electrons. The first-order valence-electron chi connectivity index (χ1n) is 2.40. The Balaban J connectivity index is 0. The van der Waals surface area contributed by atoms with Crippen LogP contribution in [0.3, 0.4) is 0 Å². The van der Waals surface area contributed by atoms with E-state index in [1.807, 2.05) is 6.07 Å². The van der Waals surface area contributed by atoms with Crippen molar-refractivity contribution in [2.24, 2.45) is 0 Å². The average molecular weight is 360 g/mol. The summed E-state index contributed by atoms with van der Waals surface area (Å²) in [6, 6.07) is 6.98. The third kappa shape index (κ3) is 3.20. The molecule has 0 saturated heterocycles. The van der Waals surface area contributed by atoms with Gasteiger partial charge in [0, 0.05) is 5.75 Å². The summed E-state index contributed by atoms with van der Waals surface area (Å²) in [4.78, 5) is 0. The normalized spacial score (nSPS) is 7.20. The van der Waals surface area contributed by atoms with Crippen LogP contribution >= 0.6 is 0 Å². The fourth-order valence-corrected chi connectivity index (χ4v) is 0.511. The monoisotopic (exact) mass is 360 g/mol. The van der Waals surface area contributed by atoms with E-state index in [2.05, 4.69) is 6.92 Å². The minimum absolute atomic E-state index is 0. The fraction of sp³-hybridized carbons (Fsp3) is 0. The summed E-state index contributed by atoms with van der Waals surface area (Å²) in [5.74, 6) is 0.257. The second-order valence-electron chi connectivity index (χ2n) is 1.63. The Bertz CT molecular complexity index is 165. The minimum atomic E-state index is 0. The number of phenols is 1. The van der Waals surface area contributed by atoms with E-state index in [0.29, 0.717) is 5.56 Å². The van der Waals surface area contributed by atoms with E-state index in [4.69, 9.17) is 5.11 Å². The summed E-state index contributed by atoms with van der Waals surface area (Å²) < 4.78 is 0. The van der Waals surface area contributed by atoms with Gasteiger partial charge in [-0.05, 0) is 0 Å². The summed E-state index contributed by atoms with van der Waals surface area (Å²) in [6.07, 6.45) is 0. The van der Waals surface area contributed by atoms with Crippen molar-refractivity contribution in [2.75, 3.05) is 0 Å². The van der Waals surface area contributed by atoms with Crippen LogP contribution in [0.1, 0.15) is 5.56 Å². The maximum atomic E-state index is 8.86. The molecular weight excluding hydrogens is 350 g/mol. The maximum Gasteiger partial charge on any atom is 2.00 e. The minimum Gasteiger partial charge on any atom is -0.565 e. The molecule has 0 saturated carbocycles. The maximum absolute atomic E-state index is 8.86. The van der Waals surface area contributed by atoms with Gasteiger partial charge < -0.3 is 12.5 Å². The Morgan fingerprint density at radius 2 is 1.70 bits per heavy atom. The molecule has 2 heteroatoms. The molecule has 1 N–H and O–H groups in total. The molecule has 0 aromatic heterocycles. The van der Waals surface area contributed by atoms with Gasteiger partial charge in [0.2, 0.25) is 0 Å². The Kier molecular flexibility index (Phi) is 7.19. The van der Waals surface area contributed by atoms with Crippen molar-refractivity contribution in [1.29, 1.82) is 0 Å². The van der Waals surface area contributed by atoms with E-state index in [9.17, 15) is 0 Å². The predicted molar refractivity (Wildman–Crippen MR) is 39.0 cm³/mol. The van der Waals surface area contributed by atoms with Crippen LogP contribution in [0, 0.1) is 45.5 Å². The average Bonchev–Trinajstić information content (AvgIpc) is 1.77. The van der Waals surface area contributed by atoms with Crippen LogP contribution in [0.15, 0.2) is 24.3 Å². The first kappa shape index (κ1) is 12.6. The van der Waals surface area contributed by atoms with Crippen molar-refractivity contribution in [3.63, 3.8) is 0 Å². The van der Waals surface area contributed by atoms with Gasteiger partial charge >= 0.3 is 31.1 Å². The number of phenolic OH excluding ortho intramolecular Hbond substituents is 1. The summed E-state index contributed by atoms with van der Waals surface area (Å²) >= 11 is 0. The number of hydrogen-bond acceptors (Lipinski definition) is 1. The van der Waals surface area contributed by atoms with Gasteiger partial charge in [-0.3, -0.25) is 0 Å². The van der Waals surface area contributed by atoms with Gasteiger partial charge in [0.25, 0.3) is 0 Å². The van der Waals surface area contributed by atoms with Gasteiger partial charge in [-0.2, -0.15) is 18.6 Å². The largest absolute Gasteiger partial charge is 2.00 e. The van der Waals surface area contributed by atoms with Crippen LogP contribution in [-0.2, 0) is 0 Å². The molecule has 10 heavy (non-hydrogen) atoms. The van der Waals surface area contributed by atoms with Crippen molar-refractivity contribution in [3.8, 4) is 5.75 Å². The van der Waals surface area contributed by atoms with Crippen LogP contribution in [0.5, 0.6) is 5.75 Å². The zero-order valence-electron chi connectivity index (χ0n) is 5.96. The van der Waals surface area contributed by atoms with E-state index in [-0.39, 0.29) is 44.3 Å². The molecule has 1 aromatic rings. The van der Waals surface area contributed by atoms with Gasteiger partial charge in [-0.1, -0.05) is 12.1 Å². The molecule has 1 rings (SSSR count). The Hall–Kier alpha value is -0.0581. The molecule has 1 aromatic carbocycles. The molecule has 0 atom stereocenters. The molecule has 0 aliphatic rings. The Morgan fingerprint density at radius 3 is 2.00 bits per heavy atom. The Morgan fingerprint density at radius 1 is 1.20 bits per heavy atom. The molecule has 0 aliphatic carbocycles. The molecule has 1 nitrogen and oxygen atoms in total. The molecular formula is C8H10OU. The van der Waals surface area contributed by atoms with Gasteiger partial charge in [-0.25, -0.2) is 0 Å². The summed E-state index contributed by atoms with van der Waals surface area (Å²) in [5.41, 5.74) is 0.674. The van der Waals surface area contributed by atoms with E-state index >= 15 is 0 Å². The zero-order chi connectivity index (χ0) is 5.98. The van der Waals surface area contributed by atoms with Crippen molar-refractivity contribution in [2.45, 2.75) is 0 Å². The topological polar surface area (TPSA) is 20.2 Å². The van der Waals surface area contributed by atoms with Crippen LogP contribution < -0.4 is 0 Å². The van der Waals surface area contributed by atoms with Crippen molar-refractivity contribution in [3.05, 3.63) is 44.2 Å². The van der Waals surface area contributed by atoms with Crippen molar-refractivity contribution >= 4 is 0 Å². The predicted octanol–water partition coefficient (Wildman–Crippen LogP) is 2.02. The van der Waals surface area contributed by atoms with E-state index in [1.165, 1.54) is 0 Å². The molecule has 0 fully saturated rings. The van der Waals surface area contributed by atoms with E-state index in [1.54, 1.807) is 18.2 Å². The molecule has 0 unspecified atom stereocenters. The van der Waals surface area contributed by atoms with Gasteiger partial charge in [0.1, 0.15) is 0 Å². The molecule has 0 spiro atoms. The third-order valence-electron chi connectivity index (χ3n) is 0.992. The van der Waals surface area contributed by atoms with Crippen LogP contribution in [0.2, 0.25) is 0 Å². The summed E-state index contributed by atoms with van der Waals surface area (Å²) in [7, 11) is 0. The molecule has 0 amide bonds. The number of rotatable bonds is 0. The first-order chi connectivity index (χ1) is 3.80. The molecule has 0 aliphatic heterocycles. The van der Waals surface area contributed by atoms with E-state index < -0.39 is 0 Å². The van der Waals surface area contributed by atoms with Crippen molar-refractivity contribution < 1.29 is 36.2 Å². The van der Waals surface area contributed by atoms with Crippen LogP contribution in [0.4, 0.5) is 0 Å². The second-order valence-corrected chi connectivity index (χ2v) is 1.63. The number of aromatic hydroxyl groups is 1. The quantitative estimate of drug-likeness (QED) is 0.702. The van der Waals surface area contributed by atoms with Gasteiger partial charge in [-0.15, -0.1) is 6.07 Å². The van der Waals surface area contributed by atoms with Gasteiger partial charge in [0.05, 0.1) is 0 Å². The fourth-order valence-electron chi connectivity index (χ4n) is 0.511. The van der Waals surface area contributed by atoms with Gasteiger partial charge in [0.15, 0.2) is 0 Å². The summed E-state index contributed by atoms with van der Waals surface area (Å²) in [5, 5.41) is 8.86.